The third-order valence-electron chi connectivity index (χ3n) is 6.15. The van der Waals surface area contributed by atoms with Crippen LogP contribution < -0.4 is 10.6 Å². The summed E-state index contributed by atoms with van der Waals surface area (Å²) in [4.78, 5) is 25.5. The molecule has 0 radical (unpaired) electrons. The van der Waals surface area contributed by atoms with Crippen molar-refractivity contribution in [3.05, 3.63) is 96.1 Å². The molecule has 2 fully saturated rings. The van der Waals surface area contributed by atoms with Gasteiger partial charge in [0.25, 0.3) is 0 Å². The molecule has 2 N–H and O–H groups in total. The summed E-state index contributed by atoms with van der Waals surface area (Å²) in [5.41, 5.74) is 3.73. The Kier molecular flexibility index (Phi) is 4.83. The number of para-hydroxylation sites is 2. The zero-order valence-electron chi connectivity index (χ0n) is 16.6. The predicted octanol–water partition coefficient (Wildman–Crippen LogP) is 5.17. The van der Waals surface area contributed by atoms with Crippen LogP contribution in [0.15, 0.2) is 84.9 Å². The number of hydrogen-bond donors (Lipinski definition) is 2. The summed E-state index contributed by atoms with van der Waals surface area (Å²) < 4.78 is 0. The number of carbonyl (C=O) groups excluding carboxylic acids is 2. The Morgan fingerprint density at radius 3 is 1.33 bits per heavy atom. The van der Waals surface area contributed by atoms with Crippen molar-refractivity contribution < 1.29 is 9.59 Å². The molecule has 30 heavy (non-hydrogen) atoms. The van der Waals surface area contributed by atoms with Crippen molar-refractivity contribution in [2.75, 3.05) is 10.6 Å². The summed E-state index contributed by atoms with van der Waals surface area (Å²) in [6, 6.07) is 27.7. The van der Waals surface area contributed by atoms with Gasteiger partial charge in [0.2, 0.25) is 11.8 Å². The predicted molar refractivity (Wildman–Crippen MR) is 118 cm³/mol. The van der Waals surface area contributed by atoms with Crippen LogP contribution in [0, 0.1) is 11.8 Å². The molecule has 4 nitrogen and oxygen atoms in total. The van der Waals surface area contributed by atoms with E-state index >= 15 is 0 Å². The molecule has 150 valence electrons. The van der Waals surface area contributed by atoms with Gasteiger partial charge in [-0.15, -0.1) is 0 Å². The molecule has 2 aliphatic carbocycles. The first-order valence-electron chi connectivity index (χ1n) is 10.5. The van der Waals surface area contributed by atoms with Crippen LogP contribution in [-0.4, -0.2) is 11.8 Å². The molecular weight excluding hydrogens is 372 g/mol. The van der Waals surface area contributed by atoms with Crippen LogP contribution in [0.4, 0.5) is 11.4 Å². The van der Waals surface area contributed by atoms with Gasteiger partial charge in [0.15, 0.2) is 0 Å². The highest BCUT2D eigenvalue weighted by molar-refractivity contribution is 6.02. The zero-order valence-corrected chi connectivity index (χ0v) is 16.6. The van der Waals surface area contributed by atoms with Gasteiger partial charge < -0.3 is 10.6 Å². The Morgan fingerprint density at radius 1 is 0.567 bits per heavy atom. The Bertz CT molecular complexity index is 978. The monoisotopic (exact) mass is 396 g/mol. The van der Waals surface area contributed by atoms with Gasteiger partial charge >= 0.3 is 0 Å². The third kappa shape index (κ3) is 3.86. The van der Waals surface area contributed by atoms with Crippen molar-refractivity contribution in [2.45, 2.75) is 24.7 Å². The first-order valence-corrected chi connectivity index (χ1v) is 10.5. The van der Waals surface area contributed by atoms with E-state index in [0.29, 0.717) is 11.4 Å². The molecule has 2 amide bonds. The molecule has 2 saturated carbocycles. The van der Waals surface area contributed by atoms with E-state index in [2.05, 4.69) is 34.9 Å². The molecule has 3 aromatic rings. The van der Waals surface area contributed by atoms with Gasteiger partial charge in [0, 0.05) is 11.8 Å². The summed E-state index contributed by atoms with van der Waals surface area (Å²) in [5, 5.41) is 6.05. The van der Waals surface area contributed by atoms with Crippen molar-refractivity contribution in [3.8, 4) is 0 Å². The van der Waals surface area contributed by atoms with Crippen LogP contribution in [0.3, 0.4) is 0 Å². The number of benzene rings is 3. The third-order valence-corrected chi connectivity index (χ3v) is 6.15. The van der Waals surface area contributed by atoms with Gasteiger partial charge in [0.05, 0.1) is 11.4 Å². The Labute approximate surface area is 176 Å². The van der Waals surface area contributed by atoms with E-state index in [1.807, 2.05) is 60.7 Å². The Balaban J connectivity index is 1.22. The first kappa shape index (κ1) is 18.6. The topological polar surface area (TPSA) is 58.2 Å². The van der Waals surface area contributed by atoms with Crippen LogP contribution in [0.5, 0.6) is 0 Å². The molecule has 2 aliphatic rings. The molecule has 0 bridgehead atoms. The second-order valence-corrected chi connectivity index (χ2v) is 8.24. The van der Waals surface area contributed by atoms with Crippen LogP contribution in [0.1, 0.15) is 35.8 Å². The van der Waals surface area contributed by atoms with E-state index in [1.165, 1.54) is 11.1 Å². The molecule has 0 unspecified atom stereocenters. The van der Waals surface area contributed by atoms with E-state index in [0.717, 1.165) is 12.8 Å². The molecule has 5 rings (SSSR count). The summed E-state index contributed by atoms with van der Waals surface area (Å²) in [7, 11) is 0. The number of carbonyl (C=O) groups is 2. The molecule has 0 spiro atoms. The van der Waals surface area contributed by atoms with Gasteiger partial charge in [0.1, 0.15) is 0 Å². The second-order valence-electron chi connectivity index (χ2n) is 8.24. The number of nitrogens with one attached hydrogen (secondary N) is 2. The smallest absolute Gasteiger partial charge is 0.228 e. The fourth-order valence-corrected chi connectivity index (χ4v) is 4.26. The first-order chi connectivity index (χ1) is 14.7. The van der Waals surface area contributed by atoms with Gasteiger partial charge in [-0.1, -0.05) is 72.8 Å². The number of hydrogen-bond acceptors (Lipinski definition) is 2. The second kappa shape index (κ2) is 7.79. The van der Waals surface area contributed by atoms with Gasteiger partial charge in [-0.2, -0.15) is 0 Å². The van der Waals surface area contributed by atoms with Gasteiger partial charge in [-0.3, -0.25) is 9.59 Å². The van der Waals surface area contributed by atoms with Crippen LogP contribution in [0.2, 0.25) is 0 Å². The lowest BCUT2D eigenvalue weighted by atomic mass is 10.1. The van der Waals surface area contributed by atoms with E-state index < -0.39 is 0 Å². The lowest BCUT2D eigenvalue weighted by Gasteiger charge is -2.12. The highest BCUT2D eigenvalue weighted by Gasteiger charge is 2.45. The molecule has 0 saturated heterocycles. The lowest BCUT2D eigenvalue weighted by molar-refractivity contribution is -0.118. The van der Waals surface area contributed by atoms with E-state index in [-0.39, 0.29) is 35.5 Å². The quantitative estimate of drug-likeness (QED) is 0.604. The van der Waals surface area contributed by atoms with Crippen molar-refractivity contribution in [2.24, 2.45) is 11.8 Å². The lowest BCUT2D eigenvalue weighted by Crippen LogP contribution is -2.19. The maximum atomic E-state index is 12.8. The minimum absolute atomic E-state index is 0.0120. The van der Waals surface area contributed by atoms with E-state index in [9.17, 15) is 9.59 Å². The zero-order chi connectivity index (χ0) is 20.5. The number of amides is 2. The van der Waals surface area contributed by atoms with Crippen LogP contribution >= 0.6 is 0 Å². The fraction of sp³-hybridized carbons (Fsp3) is 0.231. The SMILES string of the molecule is O=C(Nc1ccccc1NC(=O)[C@@H]1C[C@H]1c1ccccc1)[C@@H]1C[C@@H]1c1ccccc1. The van der Waals surface area contributed by atoms with Crippen molar-refractivity contribution in [3.63, 3.8) is 0 Å². The summed E-state index contributed by atoms with van der Waals surface area (Å²) in [5.74, 6) is 0.569. The molecule has 3 aromatic carbocycles. The Morgan fingerprint density at radius 2 is 0.933 bits per heavy atom. The maximum Gasteiger partial charge on any atom is 0.228 e. The minimum atomic E-state index is -0.0120. The Hall–Kier alpha value is -3.40. The average molecular weight is 396 g/mol. The number of anilines is 2. The van der Waals surface area contributed by atoms with Gasteiger partial charge in [-0.05, 0) is 47.9 Å². The maximum absolute atomic E-state index is 12.8. The molecule has 0 aromatic heterocycles. The normalized spacial score (nSPS) is 24.0. The van der Waals surface area contributed by atoms with E-state index in [1.54, 1.807) is 0 Å². The summed E-state index contributed by atoms with van der Waals surface area (Å²) in [6.07, 6.45) is 1.73. The molecular formula is C26H24N2O2. The molecule has 0 heterocycles. The fourth-order valence-electron chi connectivity index (χ4n) is 4.26. The van der Waals surface area contributed by atoms with E-state index in [4.69, 9.17) is 0 Å². The largest absolute Gasteiger partial charge is 0.324 e. The van der Waals surface area contributed by atoms with Crippen molar-refractivity contribution in [1.29, 1.82) is 0 Å². The molecule has 0 aliphatic heterocycles. The highest BCUT2D eigenvalue weighted by Crippen LogP contribution is 2.49. The van der Waals surface area contributed by atoms with Crippen molar-refractivity contribution >= 4 is 23.2 Å². The summed E-state index contributed by atoms with van der Waals surface area (Å²) >= 11 is 0. The highest BCUT2D eigenvalue weighted by atomic mass is 16.2. The van der Waals surface area contributed by atoms with Crippen molar-refractivity contribution in [1.82, 2.24) is 0 Å². The average Bonchev–Trinajstić information content (AvgIpc) is 3.70. The number of rotatable bonds is 6. The summed E-state index contributed by atoms with van der Waals surface area (Å²) in [6.45, 7) is 0. The molecule has 4 heteroatoms. The van der Waals surface area contributed by atoms with Gasteiger partial charge in [-0.25, -0.2) is 0 Å². The van der Waals surface area contributed by atoms with Crippen LogP contribution in [-0.2, 0) is 9.59 Å². The van der Waals surface area contributed by atoms with Crippen LogP contribution in [0.25, 0.3) is 0 Å². The minimum Gasteiger partial charge on any atom is -0.324 e. The standard InChI is InChI=1S/C26H24N2O2/c29-25(21-15-19(21)17-9-3-1-4-10-17)27-23-13-7-8-14-24(23)28-26(30)22-16-20(22)18-11-5-2-6-12-18/h1-14,19-22H,15-16H2,(H,27,29)(H,28,30)/t19-,20+,21-,22-/m1/s1. The molecule has 4 atom stereocenters.